The molecule has 0 saturated heterocycles. The fraction of sp³-hybridized carbons (Fsp3) is 0.750. The van der Waals surface area contributed by atoms with E-state index in [1.807, 2.05) is 0 Å². The topological polar surface area (TPSA) is 121 Å². The number of azo groups is 1. The zero-order chi connectivity index (χ0) is 11.6. The Labute approximate surface area is 83.8 Å². The van der Waals surface area contributed by atoms with Crippen LogP contribution in [-0.4, -0.2) is 22.7 Å². The lowest BCUT2D eigenvalue weighted by atomic mass is 10.1. The second kappa shape index (κ2) is 3.73. The van der Waals surface area contributed by atoms with Crippen LogP contribution in [0.25, 0.3) is 0 Å². The van der Waals surface area contributed by atoms with E-state index in [-0.39, 0.29) is 11.7 Å². The first kappa shape index (κ1) is 12.5. The van der Waals surface area contributed by atoms with Gasteiger partial charge < -0.3 is 11.5 Å². The van der Waals surface area contributed by atoms with Gasteiger partial charge >= 0.3 is 0 Å². The molecule has 0 saturated carbocycles. The van der Waals surface area contributed by atoms with Crippen LogP contribution in [0.2, 0.25) is 0 Å². The number of rotatable bonds is 4. The summed E-state index contributed by atoms with van der Waals surface area (Å²) in [7, 11) is 0. The van der Waals surface area contributed by atoms with Crippen LogP contribution in [0.4, 0.5) is 0 Å². The summed E-state index contributed by atoms with van der Waals surface area (Å²) in [6.07, 6.45) is 0. The zero-order valence-electron chi connectivity index (χ0n) is 8.94. The smallest absolute Gasteiger partial charge is 0.151 e. The molecule has 6 heteroatoms. The van der Waals surface area contributed by atoms with Gasteiger partial charge in [0.2, 0.25) is 0 Å². The van der Waals surface area contributed by atoms with Gasteiger partial charge in [0.15, 0.2) is 11.7 Å². The molecule has 0 atom stereocenters. The van der Waals surface area contributed by atoms with Crippen molar-refractivity contribution in [2.75, 3.05) is 0 Å². The second-order valence-corrected chi connectivity index (χ2v) is 4.09. The van der Waals surface area contributed by atoms with Crippen LogP contribution < -0.4 is 22.3 Å². The van der Waals surface area contributed by atoms with Crippen LogP contribution in [0.5, 0.6) is 0 Å². The summed E-state index contributed by atoms with van der Waals surface area (Å²) in [6.45, 7) is 6.37. The predicted octanol–water partition coefficient (Wildman–Crippen LogP) is -0.690. The van der Waals surface area contributed by atoms with Crippen molar-refractivity contribution in [1.29, 1.82) is 0 Å². The largest absolute Gasteiger partial charge is 0.384 e. The van der Waals surface area contributed by atoms with Gasteiger partial charge in [-0.1, -0.05) is 0 Å². The highest BCUT2D eigenvalue weighted by atomic mass is 15.2. The number of nitrogens with zero attached hydrogens (tertiary/aromatic N) is 4. The molecule has 14 heavy (non-hydrogen) atoms. The molecule has 0 amide bonds. The van der Waals surface area contributed by atoms with Gasteiger partial charge in [0.05, 0.1) is 0 Å². The molecule has 0 heterocycles. The molecule has 0 aromatic carbocycles. The molecule has 0 aromatic rings. The van der Waals surface area contributed by atoms with Crippen molar-refractivity contribution in [3.05, 3.63) is 0 Å². The first-order chi connectivity index (χ1) is 6.09. The standard InChI is InChI=1S/C8H16N6/c1-7(2,5(9)10)13-14-8(3,4)6(11)12/h9,11H2,1-4H3. The molecule has 4 N–H and O–H groups in total. The number of nitrogens with two attached hydrogens (primary N) is 2. The lowest BCUT2D eigenvalue weighted by Gasteiger charge is -2.19. The Kier molecular flexibility index (Phi) is 3.34. The van der Waals surface area contributed by atoms with Gasteiger partial charge in [0.1, 0.15) is 11.1 Å². The van der Waals surface area contributed by atoms with Crippen molar-refractivity contribution in [1.82, 2.24) is 10.8 Å². The number of hydrogen-bond acceptors (Lipinski definition) is 2. The predicted molar refractivity (Wildman–Crippen MR) is 55.7 cm³/mol. The quantitative estimate of drug-likeness (QED) is 0.351. The minimum absolute atomic E-state index is 0.339. The van der Waals surface area contributed by atoms with Crippen LogP contribution in [0.3, 0.4) is 0 Å². The highest BCUT2D eigenvalue weighted by molar-refractivity contribution is 5.88. The average Bonchev–Trinajstić information content (AvgIpc) is 2.01. The fourth-order valence-electron chi connectivity index (χ4n) is 0.352. The molecule has 2 radical (unpaired) electrons. The molecule has 0 aliphatic heterocycles. The van der Waals surface area contributed by atoms with E-state index < -0.39 is 11.1 Å². The van der Waals surface area contributed by atoms with Crippen LogP contribution in [0, 0.1) is 0 Å². The summed E-state index contributed by atoms with van der Waals surface area (Å²) < 4.78 is 0. The molecule has 0 fully saturated rings. The Morgan fingerprint density at radius 3 is 1.21 bits per heavy atom. The van der Waals surface area contributed by atoms with Crippen LogP contribution >= 0.6 is 0 Å². The third kappa shape index (κ3) is 3.12. The van der Waals surface area contributed by atoms with E-state index >= 15 is 0 Å². The fourth-order valence-corrected chi connectivity index (χ4v) is 0.352. The maximum Gasteiger partial charge on any atom is 0.151 e. The third-order valence-electron chi connectivity index (χ3n) is 1.80. The molecule has 0 rings (SSSR count). The molecular weight excluding hydrogens is 180 g/mol. The van der Waals surface area contributed by atoms with E-state index in [1.54, 1.807) is 27.7 Å². The van der Waals surface area contributed by atoms with Crippen molar-refractivity contribution >= 4 is 11.7 Å². The van der Waals surface area contributed by atoms with E-state index in [9.17, 15) is 0 Å². The maximum absolute atomic E-state index is 9.06. The molecule has 0 aliphatic rings. The second-order valence-electron chi connectivity index (χ2n) is 4.09. The Morgan fingerprint density at radius 1 is 0.857 bits per heavy atom. The van der Waals surface area contributed by atoms with Crippen LogP contribution in [-0.2, 0) is 0 Å². The first-order valence-electron chi connectivity index (χ1n) is 4.17. The molecule has 0 aromatic heterocycles. The molecule has 0 unspecified atom stereocenters. The Balaban J connectivity index is 4.76. The van der Waals surface area contributed by atoms with Crippen LogP contribution in [0.1, 0.15) is 27.7 Å². The summed E-state index contributed by atoms with van der Waals surface area (Å²) in [4.78, 5) is 0. The Hall–Kier alpha value is -1.46. The lowest BCUT2D eigenvalue weighted by molar-refractivity contribution is 0.560. The van der Waals surface area contributed by atoms with E-state index in [0.29, 0.717) is 0 Å². The zero-order valence-corrected chi connectivity index (χ0v) is 8.94. The highest BCUT2D eigenvalue weighted by Gasteiger charge is 2.26. The van der Waals surface area contributed by atoms with Gasteiger partial charge in [-0.3, -0.25) is 0 Å². The summed E-state index contributed by atoms with van der Waals surface area (Å²) in [5.74, 6) is -0.679. The van der Waals surface area contributed by atoms with Crippen molar-refractivity contribution in [3.8, 4) is 0 Å². The van der Waals surface area contributed by atoms with Gasteiger partial charge in [-0.2, -0.15) is 10.2 Å². The van der Waals surface area contributed by atoms with Crippen molar-refractivity contribution in [2.45, 2.75) is 38.8 Å². The van der Waals surface area contributed by atoms with Gasteiger partial charge in [0.25, 0.3) is 0 Å². The van der Waals surface area contributed by atoms with Crippen molar-refractivity contribution in [2.24, 2.45) is 21.7 Å². The van der Waals surface area contributed by atoms with Crippen LogP contribution in [0.15, 0.2) is 10.2 Å². The van der Waals surface area contributed by atoms with E-state index in [0.717, 1.165) is 0 Å². The normalized spacial score (nSPS) is 13.1. The van der Waals surface area contributed by atoms with Gasteiger partial charge in [-0.25, -0.2) is 0 Å². The van der Waals surface area contributed by atoms with Gasteiger partial charge in [-0.05, 0) is 27.7 Å². The van der Waals surface area contributed by atoms with Gasteiger partial charge in [0, 0.05) is 0 Å². The molecule has 6 nitrogen and oxygen atoms in total. The minimum Gasteiger partial charge on any atom is -0.384 e. The molecule has 0 aliphatic carbocycles. The monoisotopic (exact) mass is 196 g/mol. The summed E-state index contributed by atoms with van der Waals surface area (Å²) in [5.41, 5.74) is 8.43. The van der Waals surface area contributed by atoms with E-state index in [4.69, 9.17) is 22.3 Å². The number of hydrogen-bond donors (Lipinski definition) is 2. The van der Waals surface area contributed by atoms with E-state index in [1.165, 1.54) is 0 Å². The van der Waals surface area contributed by atoms with E-state index in [2.05, 4.69) is 10.2 Å². The molecule has 0 spiro atoms. The highest BCUT2D eigenvalue weighted by Crippen LogP contribution is 2.14. The number of amidine groups is 2. The summed E-state index contributed by atoms with van der Waals surface area (Å²) >= 11 is 0. The first-order valence-corrected chi connectivity index (χ1v) is 4.17. The van der Waals surface area contributed by atoms with Crippen molar-refractivity contribution < 1.29 is 0 Å². The summed E-state index contributed by atoms with van der Waals surface area (Å²) in [6, 6.07) is 0. The average molecular weight is 196 g/mol. The SMILES string of the molecule is CC(C)(N=NC(C)(C)C(=[N])N)C(=[N])N. The Bertz CT molecular complexity index is 248. The summed E-state index contributed by atoms with van der Waals surface area (Å²) in [5, 5.41) is 25.7. The van der Waals surface area contributed by atoms with Crippen molar-refractivity contribution in [3.63, 3.8) is 0 Å². The third-order valence-corrected chi connectivity index (χ3v) is 1.80. The maximum atomic E-state index is 9.06. The molecule has 78 valence electrons. The minimum atomic E-state index is -0.979. The molecule has 0 bridgehead atoms. The lowest BCUT2D eigenvalue weighted by Crippen LogP contribution is -2.40. The Morgan fingerprint density at radius 2 is 1.07 bits per heavy atom. The molecular formula is C8H16N6. The van der Waals surface area contributed by atoms with Gasteiger partial charge in [-0.15, -0.1) is 10.8 Å².